The first-order valence-electron chi connectivity index (χ1n) is 9.59. The van der Waals surface area contributed by atoms with E-state index in [4.69, 9.17) is 14.5 Å². The highest BCUT2D eigenvalue weighted by Crippen LogP contribution is 2.37. The van der Waals surface area contributed by atoms with Gasteiger partial charge >= 0.3 is 0 Å². The van der Waals surface area contributed by atoms with Crippen molar-refractivity contribution in [3.8, 4) is 27.6 Å². The van der Waals surface area contributed by atoms with Crippen molar-refractivity contribution in [2.75, 3.05) is 38.2 Å². The van der Waals surface area contributed by atoms with Crippen LogP contribution in [0.25, 0.3) is 32.0 Å². The van der Waals surface area contributed by atoms with Gasteiger partial charge in [-0.25, -0.2) is 19.7 Å². The molecule has 0 saturated carbocycles. The second-order valence-corrected chi connectivity index (χ2v) is 13.4. The van der Waals surface area contributed by atoms with E-state index in [0.717, 1.165) is 50.2 Å². The molecule has 0 spiro atoms. The second kappa shape index (κ2) is 8.75. The minimum absolute atomic E-state index is 0.420. The summed E-state index contributed by atoms with van der Waals surface area (Å²) in [5, 5.41) is 5.41. The average Bonchev–Trinajstić information content (AvgIpc) is 3.36. The smallest absolute Gasteiger partial charge is 0.140 e. The molecule has 3 aromatic heterocycles. The summed E-state index contributed by atoms with van der Waals surface area (Å²) >= 11 is 1.64. The van der Waals surface area contributed by atoms with E-state index in [2.05, 4.69) is 28.8 Å². The molecule has 158 valence electrons. The van der Waals surface area contributed by atoms with Gasteiger partial charge in [-0.15, -0.1) is 11.3 Å². The molecule has 4 aromatic rings. The minimum atomic E-state index is -0.569. The van der Waals surface area contributed by atoms with Gasteiger partial charge in [-0.1, -0.05) is 0 Å². The fraction of sp³-hybridized carbons (Fsp3) is 0.318. The number of benzene rings is 1. The van der Waals surface area contributed by atoms with Crippen LogP contribution in [0, 0.1) is 0 Å². The quantitative estimate of drug-likeness (QED) is 0.363. The number of fused-ring (bicyclic) bond motifs is 1. The van der Waals surface area contributed by atoms with Crippen molar-refractivity contribution in [2.45, 2.75) is 6.73 Å². The van der Waals surface area contributed by atoms with Crippen LogP contribution in [-0.4, -0.2) is 58.0 Å². The Hall–Kier alpha value is -2.42. The molecule has 0 amide bonds. The van der Waals surface area contributed by atoms with Crippen LogP contribution in [0.15, 0.2) is 48.9 Å². The van der Waals surface area contributed by atoms with Crippen LogP contribution < -0.4 is 4.74 Å². The first-order chi connectivity index (χ1) is 14.4. The summed E-state index contributed by atoms with van der Waals surface area (Å²) in [6, 6.07) is 9.95. The number of nitrogens with zero attached hydrogens (tertiary/aromatic N) is 4. The van der Waals surface area contributed by atoms with Gasteiger partial charge in [0, 0.05) is 35.5 Å². The van der Waals surface area contributed by atoms with Crippen LogP contribution in [0.4, 0.5) is 0 Å². The maximum absolute atomic E-state index is 5.91. The van der Waals surface area contributed by atoms with E-state index in [1.165, 1.54) is 0 Å². The van der Waals surface area contributed by atoms with Gasteiger partial charge in [0.2, 0.25) is 0 Å². The molecule has 30 heavy (non-hydrogen) atoms. The van der Waals surface area contributed by atoms with Gasteiger partial charge in [-0.3, -0.25) is 4.98 Å². The number of methoxy groups -OCH3 is 1. The monoisotopic (exact) mass is 442 g/mol. The molecule has 0 saturated heterocycles. The Bertz CT molecular complexity index is 1150. The molecule has 0 atom stereocenters. The van der Waals surface area contributed by atoms with E-state index >= 15 is 0 Å². The van der Waals surface area contributed by atoms with Crippen LogP contribution in [0.1, 0.15) is 0 Å². The fourth-order valence-electron chi connectivity index (χ4n) is 3.06. The molecule has 0 bridgehead atoms. The molecular formula is C22H26N4O2S2. The number of hydrogen-bond acceptors (Lipinski definition) is 6. The van der Waals surface area contributed by atoms with E-state index < -0.39 is 10.0 Å². The number of thiazole rings is 1. The summed E-state index contributed by atoms with van der Waals surface area (Å²) in [7, 11) is 1.11. The summed E-state index contributed by atoms with van der Waals surface area (Å²) in [6.07, 6.45) is 12.4. The van der Waals surface area contributed by atoms with Crippen molar-refractivity contribution in [1.82, 2.24) is 19.7 Å². The Morgan fingerprint density at radius 3 is 2.73 bits per heavy atom. The zero-order chi connectivity index (χ0) is 21.1. The molecule has 0 aliphatic rings. The predicted molar refractivity (Wildman–Crippen MR) is 127 cm³/mol. The van der Waals surface area contributed by atoms with Gasteiger partial charge in [-0.05, 0) is 49.1 Å². The van der Waals surface area contributed by atoms with E-state index in [1.54, 1.807) is 30.8 Å². The second-order valence-electron chi connectivity index (χ2n) is 7.82. The SMILES string of the molecule is COc1ccc2nc(-c3ccncc3-c3ccnn3COCCS(C)(C)C)sc2c1. The zero-order valence-electron chi connectivity index (χ0n) is 17.7. The number of rotatable bonds is 8. The summed E-state index contributed by atoms with van der Waals surface area (Å²) in [5.74, 6) is 1.91. The van der Waals surface area contributed by atoms with E-state index in [0.29, 0.717) is 6.73 Å². The maximum atomic E-state index is 5.91. The molecule has 0 aliphatic heterocycles. The van der Waals surface area contributed by atoms with Gasteiger partial charge < -0.3 is 9.47 Å². The van der Waals surface area contributed by atoms with Crippen molar-refractivity contribution in [1.29, 1.82) is 0 Å². The third kappa shape index (κ3) is 4.66. The zero-order valence-corrected chi connectivity index (χ0v) is 19.3. The van der Waals surface area contributed by atoms with Gasteiger partial charge in [0.15, 0.2) is 0 Å². The Labute approximate surface area is 182 Å². The molecule has 3 heterocycles. The lowest BCUT2D eigenvalue weighted by atomic mass is 10.1. The molecule has 0 aliphatic carbocycles. The Morgan fingerprint density at radius 2 is 1.93 bits per heavy atom. The first kappa shape index (κ1) is 20.8. The lowest BCUT2D eigenvalue weighted by Gasteiger charge is -2.24. The van der Waals surface area contributed by atoms with Crippen LogP contribution in [0.2, 0.25) is 0 Å². The maximum Gasteiger partial charge on any atom is 0.140 e. The molecule has 1 aromatic carbocycles. The molecule has 4 rings (SSSR count). The van der Waals surface area contributed by atoms with E-state index in [-0.39, 0.29) is 0 Å². The number of hydrogen-bond donors (Lipinski definition) is 0. The van der Waals surface area contributed by atoms with E-state index in [1.807, 2.05) is 41.2 Å². The van der Waals surface area contributed by atoms with Crippen LogP contribution in [0.3, 0.4) is 0 Å². The Kier molecular flexibility index (Phi) is 6.08. The first-order valence-corrected chi connectivity index (χ1v) is 13.4. The number of aromatic nitrogens is 4. The highest BCUT2D eigenvalue weighted by atomic mass is 32.3. The van der Waals surface area contributed by atoms with Crippen molar-refractivity contribution < 1.29 is 9.47 Å². The lowest BCUT2D eigenvalue weighted by molar-refractivity contribution is 0.0821. The number of pyridine rings is 1. The summed E-state index contributed by atoms with van der Waals surface area (Å²) in [5.41, 5.74) is 3.95. The molecule has 0 radical (unpaired) electrons. The average molecular weight is 443 g/mol. The topological polar surface area (TPSA) is 62.1 Å². The lowest BCUT2D eigenvalue weighted by Crippen LogP contribution is -2.11. The van der Waals surface area contributed by atoms with E-state index in [9.17, 15) is 0 Å². The third-order valence-corrected chi connectivity index (χ3v) is 7.14. The van der Waals surface area contributed by atoms with Gasteiger partial charge in [-0.2, -0.15) is 5.10 Å². The minimum Gasteiger partial charge on any atom is -0.497 e. The summed E-state index contributed by atoms with van der Waals surface area (Å²) in [6.45, 7) is 1.15. The van der Waals surface area contributed by atoms with Gasteiger partial charge in [0.1, 0.15) is 17.5 Å². The standard InChI is InChI=1S/C22H26N4O2S2/c1-27-16-5-6-19-21(13-16)29-22(25-19)17-7-9-23-14-18(17)20-8-10-24-26(20)15-28-11-12-30(2,3)4/h5-10,13-14H,11-12,15H2,1-4H3. The number of ether oxygens (including phenoxy) is 2. The molecule has 6 nitrogen and oxygen atoms in total. The molecule has 8 heteroatoms. The largest absolute Gasteiger partial charge is 0.497 e. The predicted octanol–water partition coefficient (Wildman–Crippen LogP) is 4.90. The van der Waals surface area contributed by atoms with Crippen molar-refractivity contribution in [2.24, 2.45) is 0 Å². The molecule has 0 fully saturated rings. The van der Waals surface area contributed by atoms with Crippen molar-refractivity contribution in [3.63, 3.8) is 0 Å². The highest BCUT2D eigenvalue weighted by Gasteiger charge is 2.16. The highest BCUT2D eigenvalue weighted by molar-refractivity contribution is 8.32. The fourth-order valence-corrected chi connectivity index (χ4v) is 4.71. The Balaban J connectivity index is 1.63. The Morgan fingerprint density at radius 1 is 1.07 bits per heavy atom. The van der Waals surface area contributed by atoms with Gasteiger partial charge in [0.25, 0.3) is 0 Å². The molecule has 0 unspecified atom stereocenters. The van der Waals surface area contributed by atoms with Crippen LogP contribution >= 0.6 is 21.4 Å². The van der Waals surface area contributed by atoms with Crippen molar-refractivity contribution >= 4 is 31.6 Å². The normalized spacial score (nSPS) is 12.4. The summed E-state index contributed by atoms with van der Waals surface area (Å²) in [4.78, 5) is 9.19. The van der Waals surface area contributed by atoms with Crippen LogP contribution in [-0.2, 0) is 11.5 Å². The molecular weight excluding hydrogens is 416 g/mol. The van der Waals surface area contributed by atoms with Gasteiger partial charge in [0.05, 0.1) is 29.6 Å². The van der Waals surface area contributed by atoms with Crippen LogP contribution in [0.5, 0.6) is 5.75 Å². The molecule has 0 N–H and O–H groups in total. The van der Waals surface area contributed by atoms with Crippen molar-refractivity contribution in [3.05, 3.63) is 48.9 Å². The summed E-state index contributed by atoms with van der Waals surface area (Å²) < 4.78 is 14.2. The third-order valence-electron chi connectivity index (χ3n) is 4.69.